The van der Waals surface area contributed by atoms with Crippen molar-refractivity contribution in [2.75, 3.05) is 18.9 Å². The maximum atomic E-state index is 12.5. The van der Waals surface area contributed by atoms with Crippen molar-refractivity contribution in [1.82, 2.24) is 4.98 Å². The average Bonchev–Trinajstić information content (AvgIpc) is 2.46. The molecule has 1 heterocycles. The summed E-state index contributed by atoms with van der Waals surface area (Å²) < 4.78 is 37.4. The van der Waals surface area contributed by atoms with Crippen LogP contribution in [0.3, 0.4) is 0 Å². The Balaban J connectivity index is 2.43. The van der Waals surface area contributed by atoms with E-state index in [1.54, 1.807) is 6.07 Å². The molecule has 0 bridgehead atoms. The molecule has 0 saturated carbocycles. The number of pyridine rings is 1. The molecule has 1 N–H and O–H groups in total. The fraction of sp³-hybridized carbons (Fsp3) is 0.154. The van der Waals surface area contributed by atoms with E-state index in [2.05, 4.69) is 9.71 Å². The SMILES string of the molecule is COc1ccc(OC)c(S(=O)(=O)Nc2ccnc(Cl)c2)c1. The molecule has 112 valence electrons. The zero-order chi connectivity index (χ0) is 15.5. The second-order valence-corrected chi connectivity index (χ2v) is 6.03. The molecule has 8 heteroatoms. The second-order valence-electron chi connectivity index (χ2n) is 3.99. The van der Waals surface area contributed by atoms with Gasteiger partial charge in [0.2, 0.25) is 0 Å². The highest BCUT2D eigenvalue weighted by Crippen LogP contribution is 2.29. The van der Waals surface area contributed by atoms with Gasteiger partial charge in [-0.25, -0.2) is 13.4 Å². The van der Waals surface area contributed by atoms with E-state index in [1.165, 1.54) is 44.7 Å². The molecule has 1 aromatic carbocycles. The maximum Gasteiger partial charge on any atom is 0.265 e. The van der Waals surface area contributed by atoms with Gasteiger partial charge in [-0.1, -0.05) is 11.6 Å². The van der Waals surface area contributed by atoms with Crippen molar-refractivity contribution >= 4 is 27.3 Å². The van der Waals surface area contributed by atoms with E-state index in [-0.39, 0.29) is 15.8 Å². The summed E-state index contributed by atoms with van der Waals surface area (Å²) in [4.78, 5) is 3.76. The summed E-state index contributed by atoms with van der Waals surface area (Å²) in [5.74, 6) is 0.618. The summed E-state index contributed by atoms with van der Waals surface area (Å²) in [6.45, 7) is 0. The van der Waals surface area contributed by atoms with Crippen molar-refractivity contribution < 1.29 is 17.9 Å². The van der Waals surface area contributed by atoms with Gasteiger partial charge in [0.1, 0.15) is 21.5 Å². The Kier molecular flexibility index (Phi) is 4.54. The van der Waals surface area contributed by atoms with E-state index in [4.69, 9.17) is 21.1 Å². The first-order chi connectivity index (χ1) is 9.96. The number of rotatable bonds is 5. The third kappa shape index (κ3) is 3.56. The molecule has 21 heavy (non-hydrogen) atoms. The van der Waals surface area contributed by atoms with Crippen LogP contribution in [0.15, 0.2) is 41.4 Å². The number of hydrogen-bond acceptors (Lipinski definition) is 5. The standard InChI is InChI=1S/C13H13ClN2O4S/c1-19-10-3-4-11(20-2)12(8-10)21(17,18)16-9-5-6-15-13(14)7-9/h3-8H,1-2H3,(H,15,16). The van der Waals surface area contributed by atoms with Crippen LogP contribution in [0.2, 0.25) is 5.15 Å². The van der Waals surface area contributed by atoms with Crippen molar-refractivity contribution in [3.8, 4) is 11.5 Å². The molecule has 0 atom stereocenters. The normalized spacial score (nSPS) is 11.0. The second kappa shape index (κ2) is 6.19. The lowest BCUT2D eigenvalue weighted by Gasteiger charge is -2.12. The number of halogens is 1. The van der Waals surface area contributed by atoms with Gasteiger partial charge < -0.3 is 9.47 Å². The van der Waals surface area contributed by atoms with E-state index in [0.29, 0.717) is 11.4 Å². The van der Waals surface area contributed by atoms with Crippen LogP contribution in [-0.2, 0) is 10.0 Å². The molecular weight excluding hydrogens is 316 g/mol. The first-order valence-corrected chi connectivity index (χ1v) is 7.69. The highest BCUT2D eigenvalue weighted by atomic mass is 35.5. The molecule has 0 aliphatic rings. The molecule has 2 aromatic rings. The third-order valence-electron chi connectivity index (χ3n) is 2.64. The van der Waals surface area contributed by atoms with Crippen LogP contribution in [0.4, 0.5) is 5.69 Å². The van der Waals surface area contributed by atoms with Gasteiger partial charge in [0, 0.05) is 12.3 Å². The zero-order valence-corrected chi connectivity index (χ0v) is 12.9. The highest BCUT2D eigenvalue weighted by molar-refractivity contribution is 7.92. The molecule has 0 spiro atoms. The van der Waals surface area contributed by atoms with Crippen molar-refractivity contribution in [1.29, 1.82) is 0 Å². The summed E-state index contributed by atoms with van der Waals surface area (Å²) in [5, 5.41) is 0.188. The Morgan fingerprint density at radius 2 is 1.90 bits per heavy atom. The fourth-order valence-corrected chi connectivity index (χ4v) is 3.08. The molecule has 0 saturated heterocycles. The van der Waals surface area contributed by atoms with Crippen molar-refractivity contribution in [3.63, 3.8) is 0 Å². The molecule has 0 amide bonds. The van der Waals surface area contributed by atoms with Gasteiger partial charge in [0.15, 0.2) is 0 Å². The number of sulfonamides is 1. The number of nitrogens with zero attached hydrogens (tertiary/aromatic N) is 1. The van der Waals surface area contributed by atoms with Crippen LogP contribution in [0, 0.1) is 0 Å². The van der Waals surface area contributed by atoms with E-state index >= 15 is 0 Å². The molecule has 6 nitrogen and oxygen atoms in total. The van der Waals surface area contributed by atoms with Gasteiger partial charge in [0.25, 0.3) is 10.0 Å². The van der Waals surface area contributed by atoms with E-state index < -0.39 is 10.0 Å². The van der Waals surface area contributed by atoms with Crippen molar-refractivity contribution in [2.45, 2.75) is 4.90 Å². The minimum atomic E-state index is -3.85. The first kappa shape index (κ1) is 15.4. The summed E-state index contributed by atoms with van der Waals surface area (Å²) >= 11 is 5.74. The Labute approximate surface area is 127 Å². The average molecular weight is 329 g/mol. The molecule has 0 unspecified atom stereocenters. The van der Waals surface area contributed by atoms with Gasteiger partial charge >= 0.3 is 0 Å². The zero-order valence-electron chi connectivity index (χ0n) is 11.3. The molecule has 0 aliphatic heterocycles. The highest BCUT2D eigenvalue weighted by Gasteiger charge is 2.20. The van der Waals surface area contributed by atoms with Gasteiger partial charge in [-0.2, -0.15) is 0 Å². The Hall–Kier alpha value is -1.99. The number of benzene rings is 1. The minimum absolute atomic E-state index is 0.0303. The number of aromatic nitrogens is 1. The smallest absolute Gasteiger partial charge is 0.265 e. The lowest BCUT2D eigenvalue weighted by molar-refractivity contribution is 0.392. The number of ether oxygens (including phenoxy) is 2. The summed E-state index contributed by atoms with van der Waals surface area (Å²) in [5.41, 5.74) is 0.305. The molecule has 1 aromatic heterocycles. The quantitative estimate of drug-likeness (QED) is 0.853. The largest absolute Gasteiger partial charge is 0.497 e. The maximum absolute atomic E-state index is 12.5. The fourth-order valence-electron chi connectivity index (χ4n) is 1.67. The molecule has 2 rings (SSSR count). The lowest BCUT2D eigenvalue weighted by atomic mass is 10.3. The van der Waals surface area contributed by atoms with E-state index in [1.807, 2.05) is 0 Å². The van der Waals surface area contributed by atoms with Crippen molar-refractivity contribution in [3.05, 3.63) is 41.7 Å². The van der Waals surface area contributed by atoms with Crippen LogP contribution in [-0.4, -0.2) is 27.6 Å². The van der Waals surface area contributed by atoms with E-state index in [9.17, 15) is 8.42 Å². The summed E-state index contributed by atoms with van der Waals surface area (Å²) in [7, 11) is -1.00. The third-order valence-corrected chi connectivity index (χ3v) is 4.25. The molecule has 0 aliphatic carbocycles. The van der Waals surface area contributed by atoms with Crippen LogP contribution < -0.4 is 14.2 Å². The number of anilines is 1. The Bertz CT molecular complexity index is 750. The van der Waals surface area contributed by atoms with Gasteiger partial charge in [-0.05, 0) is 24.3 Å². The van der Waals surface area contributed by atoms with Crippen molar-refractivity contribution in [2.24, 2.45) is 0 Å². The van der Waals surface area contributed by atoms with Gasteiger partial charge in [0.05, 0.1) is 19.9 Å². The summed E-state index contributed by atoms with van der Waals surface area (Å²) in [6.07, 6.45) is 1.41. The topological polar surface area (TPSA) is 77.5 Å². The first-order valence-electron chi connectivity index (χ1n) is 5.82. The summed E-state index contributed by atoms with van der Waals surface area (Å²) in [6, 6.07) is 7.42. The van der Waals surface area contributed by atoms with Gasteiger partial charge in [-0.3, -0.25) is 4.72 Å². The number of hydrogen-bond donors (Lipinski definition) is 1. The number of nitrogens with one attached hydrogen (secondary N) is 1. The van der Waals surface area contributed by atoms with Crippen LogP contribution in [0.1, 0.15) is 0 Å². The molecule has 0 radical (unpaired) electrons. The Morgan fingerprint density at radius 3 is 2.52 bits per heavy atom. The molecule has 0 fully saturated rings. The monoisotopic (exact) mass is 328 g/mol. The predicted octanol–water partition coefficient (Wildman–Crippen LogP) is 2.55. The Morgan fingerprint density at radius 1 is 1.14 bits per heavy atom. The number of methoxy groups -OCH3 is 2. The lowest BCUT2D eigenvalue weighted by Crippen LogP contribution is -2.14. The van der Waals surface area contributed by atoms with Crippen LogP contribution >= 0.6 is 11.6 Å². The van der Waals surface area contributed by atoms with E-state index in [0.717, 1.165) is 0 Å². The van der Waals surface area contributed by atoms with Gasteiger partial charge in [-0.15, -0.1) is 0 Å². The predicted molar refractivity (Wildman–Crippen MR) is 79.6 cm³/mol. The van der Waals surface area contributed by atoms with Crippen LogP contribution in [0.5, 0.6) is 11.5 Å². The molecular formula is C13H13ClN2O4S. The minimum Gasteiger partial charge on any atom is -0.497 e. The van der Waals surface area contributed by atoms with Crippen LogP contribution in [0.25, 0.3) is 0 Å².